The van der Waals surface area contributed by atoms with Crippen LogP contribution in [0.25, 0.3) is 0 Å². The minimum Gasteiger partial charge on any atom is -0.377 e. The predicted octanol–water partition coefficient (Wildman–Crippen LogP) is 3.02. The second-order valence-corrected chi connectivity index (χ2v) is 5.00. The van der Waals surface area contributed by atoms with Gasteiger partial charge in [0.1, 0.15) is 0 Å². The lowest BCUT2D eigenvalue weighted by atomic mass is 10.2. The number of nitrogens with one attached hydrogen (secondary N) is 1. The van der Waals surface area contributed by atoms with Crippen molar-refractivity contribution >= 4 is 11.6 Å². The summed E-state index contributed by atoms with van der Waals surface area (Å²) in [5.74, 6) is 0. The Bertz CT molecular complexity index is 352. The van der Waals surface area contributed by atoms with Crippen LogP contribution in [0.2, 0.25) is 5.02 Å². The van der Waals surface area contributed by atoms with Crippen molar-refractivity contribution in [1.29, 1.82) is 0 Å². The van der Waals surface area contributed by atoms with Crippen LogP contribution >= 0.6 is 11.6 Å². The van der Waals surface area contributed by atoms with Gasteiger partial charge < -0.3 is 10.1 Å². The number of likely N-dealkylation sites (N-methyl/N-ethyl adjacent to an activating group) is 1. The summed E-state index contributed by atoms with van der Waals surface area (Å²) >= 11 is 6.25. The topological polar surface area (TPSA) is 39.1 Å². The third kappa shape index (κ3) is 4.26. The largest absolute Gasteiger partial charge is 0.377 e. The zero-order valence-electron chi connectivity index (χ0n) is 11.7. The maximum Gasteiger partial charge on any atom is 0.0835 e. The van der Waals surface area contributed by atoms with E-state index in [4.69, 9.17) is 16.3 Å². The van der Waals surface area contributed by atoms with Crippen molar-refractivity contribution < 1.29 is 4.74 Å². The summed E-state index contributed by atoms with van der Waals surface area (Å²) in [4.78, 5) is 0. The molecule has 0 amide bonds. The Hall–Kier alpha value is -0.580. The highest BCUT2D eigenvalue weighted by Gasteiger charge is 2.20. The first kappa shape index (κ1) is 15.5. The molecule has 0 aliphatic heterocycles. The molecular formula is C13H24ClN3O. The van der Waals surface area contributed by atoms with Gasteiger partial charge in [0.15, 0.2) is 0 Å². The molecule has 0 fully saturated rings. The molecule has 0 aromatic carbocycles. The molecule has 4 nitrogen and oxygen atoms in total. The van der Waals surface area contributed by atoms with E-state index < -0.39 is 0 Å². The van der Waals surface area contributed by atoms with E-state index in [0.29, 0.717) is 11.6 Å². The molecule has 0 aliphatic rings. The van der Waals surface area contributed by atoms with Gasteiger partial charge >= 0.3 is 0 Å². The first-order valence-electron chi connectivity index (χ1n) is 6.66. The number of hydrogen-bond donors (Lipinski definition) is 1. The van der Waals surface area contributed by atoms with Gasteiger partial charge in [-0.1, -0.05) is 25.4 Å². The molecule has 1 aromatic heterocycles. The van der Waals surface area contributed by atoms with E-state index >= 15 is 0 Å². The van der Waals surface area contributed by atoms with E-state index in [9.17, 15) is 0 Å². The van der Waals surface area contributed by atoms with Gasteiger partial charge in [0.05, 0.1) is 35.7 Å². The molecule has 0 bridgehead atoms. The lowest BCUT2D eigenvalue weighted by molar-refractivity contribution is 0.0597. The Morgan fingerprint density at radius 2 is 2.17 bits per heavy atom. The molecule has 0 saturated heterocycles. The minimum atomic E-state index is 0.0962. The number of hydrogen-bond acceptors (Lipinski definition) is 3. The van der Waals surface area contributed by atoms with E-state index in [1.807, 2.05) is 18.5 Å². The SMILES string of the molecule is CCCn1ncc(Cl)c1C(COC(C)C)NCC. The molecule has 104 valence electrons. The molecule has 0 spiro atoms. The molecule has 5 heteroatoms. The number of rotatable bonds is 8. The Labute approximate surface area is 115 Å². The summed E-state index contributed by atoms with van der Waals surface area (Å²) in [6, 6.07) is 0.0962. The number of aryl methyl sites for hydroxylation is 1. The Morgan fingerprint density at radius 1 is 1.44 bits per heavy atom. The van der Waals surface area contributed by atoms with E-state index in [1.54, 1.807) is 6.20 Å². The average Bonchev–Trinajstić information content (AvgIpc) is 2.67. The first-order valence-corrected chi connectivity index (χ1v) is 7.04. The highest BCUT2D eigenvalue weighted by atomic mass is 35.5. The van der Waals surface area contributed by atoms with Crippen LogP contribution in [-0.2, 0) is 11.3 Å². The first-order chi connectivity index (χ1) is 8.60. The van der Waals surface area contributed by atoms with Crippen LogP contribution in [0.5, 0.6) is 0 Å². The summed E-state index contributed by atoms with van der Waals surface area (Å²) in [5, 5.41) is 8.44. The average molecular weight is 274 g/mol. The summed E-state index contributed by atoms with van der Waals surface area (Å²) in [5.41, 5.74) is 1.03. The minimum absolute atomic E-state index is 0.0962. The number of aromatic nitrogens is 2. The highest BCUT2D eigenvalue weighted by Crippen LogP contribution is 2.23. The third-order valence-electron chi connectivity index (χ3n) is 2.65. The second-order valence-electron chi connectivity index (χ2n) is 4.59. The van der Waals surface area contributed by atoms with Crippen molar-refractivity contribution in [2.45, 2.75) is 52.8 Å². The molecule has 1 rings (SSSR count). The lowest BCUT2D eigenvalue weighted by Crippen LogP contribution is -2.29. The molecule has 1 aromatic rings. The van der Waals surface area contributed by atoms with Crippen LogP contribution in [0.1, 0.15) is 45.9 Å². The van der Waals surface area contributed by atoms with Crippen LogP contribution in [0, 0.1) is 0 Å². The van der Waals surface area contributed by atoms with Gasteiger partial charge in [0.25, 0.3) is 0 Å². The van der Waals surface area contributed by atoms with Crippen molar-refractivity contribution in [3.05, 3.63) is 16.9 Å². The fourth-order valence-corrected chi connectivity index (χ4v) is 2.15. The Kier molecular flexibility index (Phi) is 6.68. The zero-order valence-corrected chi connectivity index (χ0v) is 12.5. The Balaban J connectivity index is 2.85. The molecule has 1 heterocycles. The van der Waals surface area contributed by atoms with Gasteiger partial charge in [-0.25, -0.2) is 0 Å². The monoisotopic (exact) mass is 273 g/mol. The molecular weight excluding hydrogens is 250 g/mol. The summed E-state index contributed by atoms with van der Waals surface area (Å²) < 4.78 is 7.68. The van der Waals surface area contributed by atoms with Crippen molar-refractivity contribution in [2.24, 2.45) is 0 Å². The van der Waals surface area contributed by atoms with Crippen LogP contribution in [0.3, 0.4) is 0 Å². The number of ether oxygens (including phenoxy) is 1. The van der Waals surface area contributed by atoms with Gasteiger partial charge in [-0.15, -0.1) is 0 Å². The van der Waals surface area contributed by atoms with Crippen molar-refractivity contribution in [1.82, 2.24) is 15.1 Å². The summed E-state index contributed by atoms with van der Waals surface area (Å²) in [6.45, 7) is 10.6. The molecule has 0 saturated carbocycles. The summed E-state index contributed by atoms with van der Waals surface area (Å²) in [7, 11) is 0. The van der Waals surface area contributed by atoms with Crippen molar-refractivity contribution in [3.63, 3.8) is 0 Å². The lowest BCUT2D eigenvalue weighted by Gasteiger charge is -2.21. The predicted molar refractivity (Wildman–Crippen MR) is 75.0 cm³/mol. The van der Waals surface area contributed by atoms with Gasteiger partial charge in [-0.05, 0) is 26.8 Å². The van der Waals surface area contributed by atoms with E-state index in [0.717, 1.165) is 25.2 Å². The van der Waals surface area contributed by atoms with Crippen LogP contribution in [0.15, 0.2) is 6.20 Å². The van der Waals surface area contributed by atoms with E-state index in [1.165, 1.54) is 0 Å². The molecule has 1 N–H and O–H groups in total. The van der Waals surface area contributed by atoms with Gasteiger partial charge in [0, 0.05) is 6.54 Å². The second kappa shape index (κ2) is 7.77. The molecule has 0 aliphatic carbocycles. The van der Waals surface area contributed by atoms with Crippen LogP contribution in [-0.4, -0.2) is 29.0 Å². The third-order valence-corrected chi connectivity index (χ3v) is 2.94. The smallest absolute Gasteiger partial charge is 0.0835 e. The maximum atomic E-state index is 6.25. The fourth-order valence-electron chi connectivity index (χ4n) is 1.88. The number of nitrogens with zero attached hydrogens (tertiary/aromatic N) is 2. The zero-order chi connectivity index (χ0) is 13.5. The van der Waals surface area contributed by atoms with Gasteiger partial charge in [0.2, 0.25) is 0 Å². The fraction of sp³-hybridized carbons (Fsp3) is 0.769. The highest BCUT2D eigenvalue weighted by molar-refractivity contribution is 6.31. The molecule has 1 atom stereocenters. The van der Waals surface area contributed by atoms with Crippen LogP contribution < -0.4 is 5.32 Å². The van der Waals surface area contributed by atoms with Crippen molar-refractivity contribution in [3.8, 4) is 0 Å². The van der Waals surface area contributed by atoms with Crippen LogP contribution in [0.4, 0.5) is 0 Å². The molecule has 1 unspecified atom stereocenters. The number of halogens is 1. The van der Waals surface area contributed by atoms with E-state index in [-0.39, 0.29) is 12.1 Å². The van der Waals surface area contributed by atoms with E-state index in [2.05, 4.69) is 24.3 Å². The Morgan fingerprint density at radius 3 is 2.72 bits per heavy atom. The van der Waals surface area contributed by atoms with Gasteiger partial charge in [-0.3, -0.25) is 4.68 Å². The van der Waals surface area contributed by atoms with Gasteiger partial charge in [-0.2, -0.15) is 5.10 Å². The van der Waals surface area contributed by atoms with Crippen molar-refractivity contribution in [2.75, 3.05) is 13.2 Å². The molecule has 0 radical (unpaired) electrons. The molecule has 18 heavy (non-hydrogen) atoms. The maximum absolute atomic E-state index is 6.25. The normalized spacial score (nSPS) is 13.2. The summed E-state index contributed by atoms with van der Waals surface area (Å²) in [6.07, 6.45) is 2.97. The quantitative estimate of drug-likeness (QED) is 0.791. The standard InChI is InChI=1S/C13H24ClN3O/c1-5-7-17-13(11(14)8-16-17)12(15-6-2)9-18-10(3)4/h8,10,12,15H,5-7,9H2,1-4H3.